The molecule has 0 spiro atoms. The molecule has 0 saturated heterocycles. The highest BCUT2D eigenvalue weighted by atomic mass is 32.2. The molecular weight excluding hydrogens is 438 g/mol. The number of nitrogens with zero attached hydrogens (tertiary/aromatic N) is 5. The van der Waals surface area contributed by atoms with Gasteiger partial charge in [0.1, 0.15) is 5.75 Å². The van der Waals surface area contributed by atoms with Crippen LogP contribution in [0.4, 0.5) is 0 Å². The summed E-state index contributed by atoms with van der Waals surface area (Å²) >= 11 is 1.38. The van der Waals surface area contributed by atoms with E-state index in [-0.39, 0.29) is 5.56 Å². The van der Waals surface area contributed by atoms with Gasteiger partial charge in [-0.15, -0.1) is 0 Å². The molecule has 9 heteroatoms. The first-order chi connectivity index (χ1) is 16.2. The molecule has 0 amide bonds. The molecule has 0 unspecified atom stereocenters. The number of rotatable bonds is 7. The first-order valence-corrected chi connectivity index (χ1v) is 11.2. The van der Waals surface area contributed by atoms with Gasteiger partial charge < -0.3 is 9.26 Å². The third-order valence-corrected chi connectivity index (χ3v) is 5.97. The average molecular weight is 458 g/mol. The van der Waals surface area contributed by atoms with Crippen LogP contribution in [0.15, 0.2) is 87.5 Å². The summed E-state index contributed by atoms with van der Waals surface area (Å²) in [5.74, 6) is 2.00. The molecule has 5 rings (SSSR count). The number of benzene rings is 2. The van der Waals surface area contributed by atoms with E-state index in [4.69, 9.17) is 14.2 Å². The van der Waals surface area contributed by atoms with Crippen molar-refractivity contribution in [1.82, 2.24) is 24.7 Å². The van der Waals surface area contributed by atoms with Crippen molar-refractivity contribution in [3.63, 3.8) is 0 Å². The normalized spacial score (nSPS) is 11.1. The van der Waals surface area contributed by atoms with Crippen molar-refractivity contribution < 1.29 is 9.26 Å². The number of para-hydroxylation sites is 1. The van der Waals surface area contributed by atoms with Gasteiger partial charge in [-0.2, -0.15) is 4.98 Å². The molecule has 0 fully saturated rings. The van der Waals surface area contributed by atoms with Crippen LogP contribution in [0.2, 0.25) is 0 Å². The first-order valence-electron chi connectivity index (χ1n) is 10.2. The highest BCUT2D eigenvalue weighted by molar-refractivity contribution is 7.98. The largest absolute Gasteiger partial charge is 0.497 e. The lowest BCUT2D eigenvalue weighted by Gasteiger charge is -2.12. The van der Waals surface area contributed by atoms with Crippen LogP contribution in [-0.2, 0) is 12.3 Å². The maximum Gasteiger partial charge on any atom is 0.262 e. The topological polar surface area (TPSA) is 95.9 Å². The van der Waals surface area contributed by atoms with Gasteiger partial charge in [-0.1, -0.05) is 47.3 Å². The van der Waals surface area contributed by atoms with E-state index in [2.05, 4.69) is 15.1 Å². The van der Waals surface area contributed by atoms with Crippen LogP contribution in [-0.4, -0.2) is 31.8 Å². The summed E-state index contributed by atoms with van der Waals surface area (Å²) in [5.41, 5.74) is 2.26. The Kier molecular flexibility index (Phi) is 5.86. The molecule has 2 aromatic carbocycles. The first kappa shape index (κ1) is 20.9. The maximum atomic E-state index is 13.2. The molecule has 164 valence electrons. The van der Waals surface area contributed by atoms with E-state index in [1.165, 1.54) is 11.8 Å². The number of thioether (sulfide) groups is 1. The Morgan fingerprint density at radius 2 is 1.97 bits per heavy atom. The van der Waals surface area contributed by atoms with Crippen LogP contribution in [0.25, 0.3) is 22.3 Å². The predicted molar refractivity (Wildman–Crippen MR) is 125 cm³/mol. The highest BCUT2D eigenvalue weighted by Crippen LogP contribution is 2.25. The highest BCUT2D eigenvalue weighted by Gasteiger charge is 2.15. The monoisotopic (exact) mass is 457 g/mol. The van der Waals surface area contributed by atoms with Gasteiger partial charge in [-0.05, 0) is 35.9 Å². The standard InChI is InChI=1S/C24H19N5O3S/c1-31-18-8-4-7-17(12-18)22-27-21(32-28-22)15-33-24-26-20-10-3-2-9-19(20)23(30)29(24)14-16-6-5-11-25-13-16/h2-13H,14-15H2,1H3. The van der Waals surface area contributed by atoms with E-state index >= 15 is 0 Å². The van der Waals surface area contributed by atoms with Crippen LogP contribution in [0.3, 0.4) is 0 Å². The molecule has 0 bridgehead atoms. The van der Waals surface area contributed by atoms with Crippen molar-refractivity contribution in [2.24, 2.45) is 0 Å². The van der Waals surface area contributed by atoms with Gasteiger partial charge in [0.15, 0.2) is 5.16 Å². The minimum absolute atomic E-state index is 0.102. The van der Waals surface area contributed by atoms with E-state index in [0.29, 0.717) is 45.8 Å². The number of ether oxygens (including phenoxy) is 1. The molecule has 0 atom stereocenters. The summed E-state index contributed by atoms with van der Waals surface area (Å²) < 4.78 is 12.4. The summed E-state index contributed by atoms with van der Waals surface area (Å²) in [4.78, 5) is 26.6. The molecular formula is C24H19N5O3S. The fourth-order valence-electron chi connectivity index (χ4n) is 3.39. The Morgan fingerprint density at radius 3 is 2.82 bits per heavy atom. The van der Waals surface area contributed by atoms with Crippen molar-refractivity contribution in [1.29, 1.82) is 0 Å². The van der Waals surface area contributed by atoms with Crippen LogP contribution in [0, 0.1) is 0 Å². The van der Waals surface area contributed by atoms with Gasteiger partial charge >= 0.3 is 0 Å². The zero-order valence-corrected chi connectivity index (χ0v) is 18.5. The Bertz CT molecular complexity index is 1470. The second kappa shape index (κ2) is 9.25. The third-order valence-electron chi connectivity index (χ3n) is 5.01. The zero-order valence-electron chi connectivity index (χ0n) is 17.7. The van der Waals surface area contributed by atoms with Crippen molar-refractivity contribution in [3.8, 4) is 17.1 Å². The lowest BCUT2D eigenvalue weighted by Crippen LogP contribution is -2.24. The number of hydrogen-bond acceptors (Lipinski definition) is 8. The molecule has 0 aliphatic rings. The van der Waals surface area contributed by atoms with Gasteiger partial charge in [0, 0.05) is 18.0 Å². The lowest BCUT2D eigenvalue weighted by molar-refractivity contribution is 0.391. The van der Waals surface area contributed by atoms with Crippen LogP contribution >= 0.6 is 11.8 Å². The van der Waals surface area contributed by atoms with Gasteiger partial charge in [0.05, 0.1) is 30.3 Å². The third kappa shape index (κ3) is 4.49. The maximum absolute atomic E-state index is 13.2. The van der Waals surface area contributed by atoms with Crippen LogP contribution in [0.5, 0.6) is 5.75 Å². The van der Waals surface area contributed by atoms with Crippen molar-refractivity contribution >= 4 is 22.7 Å². The zero-order chi connectivity index (χ0) is 22.6. The summed E-state index contributed by atoms with van der Waals surface area (Å²) in [6, 6.07) is 18.6. The Morgan fingerprint density at radius 1 is 1.06 bits per heavy atom. The molecule has 0 aliphatic carbocycles. The molecule has 8 nitrogen and oxygen atoms in total. The lowest BCUT2D eigenvalue weighted by atomic mass is 10.2. The van der Waals surface area contributed by atoms with E-state index in [1.807, 2.05) is 54.6 Å². The van der Waals surface area contributed by atoms with Gasteiger partial charge in [-0.25, -0.2) is 4.98 Å². The van der Waals surface area contributed by atoms with Crippen molar-refractivity contribution in [2.75, 3.05) is 7.11 Å². The Hall–Kier alpha value is -3.98. The molecule has 0 saturated carbocycles. The predicted octanol–water partition coefficient (Wildman–Crippen LogP) is 4.19. The van der Waals surface area contributed by atoms with E-state index in [0.717, 1.165) is 11.1 Å². The molecule has 3 aromatic heterocycles. The number of aromatic nitrogens is 5. The Balaban J connectivity index is 1.44. The average Bonchev–Trinajstić information content (AvgIpc) is 3.34. The Labute approximate surface area is 193 Å². The van der Waals surface area contributed by atoms with Crippen LogP contribution in [0.1, 0.15) is 11.5 Å². The van der Waals surface area contributed by atoms with Crippen LogP contribution < -0.4 is 10.3 Å². The van der Waals surface area contributed by atoms with Crippen molar-refractivity contribution in [3.05, 3.63) is 94.9 Å². The second-order valence-corrected chi connectivity index (χ2v) is 8.14. The molecule has 5 aromatic rings. The van der Waals surface area contributed by atoms with Gasteiger partial charge in [0.2, 0.25) is 11.7 Å². The molecule has 0 aliphatic heterocycles. The van der Waals surface area contributed by atoms with Gasteiger partial charge in [0.25, 0.3) is 5.56 Å². The van der Waals surface area contributed by atoms with E-state index in [1.54, 1.807) is 30.1 Å². The number of hydrogen-bond donors (Lipinski definition) is 0. The number of fused-ring (bicyclic) bond motifs is 1. The number of methoxy groups -OCH3 is 1. The second-order valence-electron chi connectivity index (χ2n) is 7.20. The van der Waals surface area contributed by atoms with E-state index < -0.39 is 0 Å². The SMILES string of the molecule is COc1cccc(-c2noc(CSc3nc4ccccc4c(=O)n3Cc3cccnc3)n2)c1. The van der Waals surface area contributed by atoms with Crippen molar-refractivity contribution in [2.45, 2.75) is 17.5 Å². The summed E-state index contributed by atoms with van der Waals surface area (Å²) in [6.07, 6.45) is 3.45. The summed E-state index contributed by atoms with van der Waals surface area (Å²) in [7, 11) is 1.61. The molecule has 0 N–H and O–H groups in total. The number of pyridine rings is 1. The minimum atomic E-state index is -0.102. The smallest absolute Gasteiger partial charge is 0.262 e. The fraction of sp³-hybridized carbons (Fsp3) is 0.125. The van der Waals surface area contributed by atoms with E-state index in [9.17, 15) is 4.79 Å². The summed E-state index contributed by atoms with van der Waals surface area (Å²) in [6.45, 7) is 0.367. The minimum Gasteiger partial charge on any atom is -0.497 e. The fourth-order valence-corrected chi connectivity index (χ4v) is 4.23. The molecule has 33 heavy (non-hydrogen) atoms. The van der Waals surface area contributed by atoms with Gasteiger partial charge in [-0.3, -0.25) is 14.3 Å². The molecule has 0 radical (unpaired) electrons. The molecule has 3 heterocycles. The quantitative estimate of drug-likeness (QED) is 0.265. The summed E-state index contributed by atoms with van der Waals surface area (Å²) in [5, 5.41) is 5.23.